The van der Waals surface area contributed by atoms with Crippen LogP contribution in [0.1, 0.15) is 28.9 Å². The SMILES string of the molecule is O=C(NCCNC(=O)C1CCNCC1)Nc1ccc(C(=O)C=Cc2cccc(N3CCOCC3)n2)cc1. The van der Waals surface area contributed by atoms with Gasteiger partial charge in [-0.15, -0.1) is 0 Å². The predicted octanol–water partition coefficient (Wildman–Crippen LogP) is 2.05. The van der Waals surface area contributed by atoms with Gasteiger partial charge in [0.1, 0.15) is 5.82 Å². The summed E-state index contributed by atoms with van der Waals surface area (Å²) in [5.74, 6) is 0.802. The smallest absolute Gasteiger partial charge is 0.319 e. The number of nitrogens with one attached hydrogen (secondary N) is 4. The molecular formula is C27H34N6O4. The number of hydrogen-bond acceptors (Lipinski definition) is 7. The van der Waals surface area contributed by atoms with Gasteiger partial charge in [0.25, 0.3) is 0 Å². The fraction of sp³-hybridized carbons (Fsp3) is 0.407. The Kier molecular flexibility index (Phi) is 9.61. The number of morpholine rings is 1. The number of piperidine rings is 1. The third-order valence-electron chi connectivity index (χ3n) is 6.34. The molecule has 0 atom stereocenters. The van der Waals surface area contributed by atoms with E-state index in [-0.39, 0.29) is 23.6 Å². The summed E-state index contributed by atoms with van der Waals surface area (Å²) in [5, 5.41) is 11.6. The number of allylic oxidation sites excluding steroid dienone is 1. The van der Waals surface area contributed by atoms with Crippen LogP contribution in [0.5, 0.6) is 0 Å². The van der Waals surface area contributed by atoms with Crippen molar-refractivity contribution in [3.8, 4) is 0 Å². The van der Waals surface area contributed by atoms with Crippen LogP contribution < -0.4 is 26.2 Å². The molecule has 2 aromatic rings. The first-order chi connectivity index (χ1) is 18.1. The number of ketones is 1. The van der Waals surface area contributed by atoms with Gasteiger partial charge in [0.2, 0.25) is 5.91 Å². The predicted molar refractivity (Wildman–Crippen MR) is 143 cm³/mol. The highest BCUT2D eigenvalue weighted by atomic mass is 16.5. The van der Waals surface area contributed by atoms with Gasteiger partial charge in [-0.1, -0.05) is 6.07 Å². The standard InChI is InChI=1S/C27H34N6O4/c34-24(9-8-22-2-1-3-25(31-22)33-16-18-37-19-17-33)20-4-6-23(7-5-20)32-27(36)30-15-14-29-26(35)21-10-12-28-13-11-21/h1-9,21,28H,10-19H2,(H,29,35)(H2,30,32,36). The molecule has 2 fully saturated rings. The third kappa shape index (κ3) is 8.12. The second kappa shape index (κ2) is 13.5. The molecule has 2 aliphatic heterocycles. The maximum Gasteiger partial charge on any atom is 0.319 e. The molecule has 0 spiro atoms. The van der Waals surface area contributed by atoms with Crippen LogP contribution in [0.3, 0.4) is 0 Å². The number of carbonyl (C=O) groups is 3. The van der Waals surface area contributed by atoms with Crippen LogP contribution in [0.25, 0.3) is 6.08 Å². The van der Waals surface area contributed by atoms with E-state index in [9.17, 15) is 14.4 Å². The zero-order valence-electron chi connectivity index (χ0n) is 20.9. The minimum Gasteiger partial charge on any atom is -0.378 e. The molecule has 196 valence electrons. The van der Waals surface area contributed by atoms with Crippen molar-refractivity contribution in [2.24, 2.45) is 5.92 Å². The molecule has 10 nitrogen and oxygen atoms in total. The summed E-state index contributed by atoms with van der Waals surface area (Å²) in [7, 11) is 0. The summed E-state index contributed by atoms with van der Waals surface area (Å²) in [6.45, 7) is 5.39. The van der Waals surface area contributed by atoms with Crippen molar-refractivity contribution >= 4 is 35.3 Å². The number of hydrogen-bond donors (Lipinski definition) is 4. The average Bonchev–Trinajstić information content (AvgIpc) is 2.95. The minimum absolute atomic E-state index is 0.0404. The van der Waals surface area contributed by atoms with Crippen LogP contribution in [0.2, 0.25) is 0 Å². The molecule has 37 heavy (non-hydrogen) atoms. The first-order valence-corrected chi connectivity index (χ1v) is 12.7. The normalized spacial score (nSPS) is 16.4. The number of carbonyl (C=O) groups excluding carboxylic acids is 3. The van der Waals surface area contributed by atoms with Crippen LogP contribution in [0, 0.1) is 5.92 Å². The maximum atomic E-state index is 12.6. The van der Waals surface area contributed by atoms with Crippen LogP contribution in [-0.2, 0) is 9.53 Å². The number of amides is 3. The van der Waals surface area contributed by atoms with Gasteiger partial charge in [-0.2, -0.15) is 0 Å². The summed E-state index contributed by atoms with van der Waals surface area (Å²) in [6.07, 6.45) is 4.88. The molecule has 10 heteroatoms. The molecule has 3 amide bonds. The highest BCUT2D eigenvalue weighted by molar-refractivity contribution is 6.07. The maximum absolute atomic E-state index is 12.6. The van der Waals surface area contributed by atoms with E-state index < -0.39 is 0 Å². The van der Waals surface area contributed by atoms with Crippen molar-refractivity contribution < 1.29 is 19.1 Å². The highest BCUT2D eigenvalue weighted by Crippen LogP contribution is 2.15. The lowest BCUT2D eigenvalue weighted by atomic mass is 9.97. The molecule has 1 aromatic carbocycles. The van der Waals surface area contributed by atoms with Crippen LogP contribution in [-0.4, -0.2) is 75.2 Å². The minimum atomic E-state index is -0.374. The summed E-state index contributed by atoms with van der Waals surface area (Å²) >= 11 is 0. The first-order valence-electron chi connectivity index (χ1n) is 12.7. The molecule has 3 heterocycles. The summed E-state index contributed by atoms with van der Waals surface area (Å²) in [5.41, 5.74) is 1.78. The van der Waals surface area contributed by atoms with Gasteiger partial charge in [0.15, 0.2) is 5.78 Å². The third-order valence-corrected chi connectivity index (χ3v) is 6.34. The van der Waals surface area contributed by atoms with Gasteiger partial charge in [0.05, 0.1) is 18.9 Å². The zero-order chi connectivity index (χ0) is 25.9. The summed E-state index contributed by atoms with van der Waals surface area (Å²) in [4.78, 5) is 43.6. The van der Waals surface area contributed by atoms with Gasteiger partial charge in [-0.3, -0.25) is 9.59 Å². The Morgan fingerprint density at radius 3 is 2.49 bits per heavy atom. The fourth-order valence-corrected chi connectivity index (χ4v) is 4.24. The first kappa shape index (κ1) is 26.3. The Labute approximate surface area is 216 Å². The average molecular weight is 507 g/mol. The molecule has 2 aliphatic rings. The van der Waals surface area contributed by atoms with Crippen LogP contribution in [0.15, 0.2) is 48.5 Å². The van der Waals surface area contributed by atoms with E-state index in [1.165, 1.54) is 6.08 Å². The van der Waals surface area contributed by atoms with Gasteiger partial charge >= 0.3 is 6.03 Å². The Balaban J connectivity index is 1.20. The van der Waals surface area contributed by atoms with Crippen molar-refractivity contribution in [1.82, 2.24) is 20.9 Å². The van der Waals surface area contributed by atoms with Crippen molar-refractivity contribution in [2.75, 3.05) is 62.7 Å². The van der Waals surface area contributed by atoms with Gasteiger partial charge in [0, 0.05) is 43.3 Å². The second-order valence-electron chi connectivity index (χ2n) is 8.99. The lowest BCUT2D eigenvalue weighted by molar-refractivity contribution is -0.125. The largest absolute Gasteiger partial charge is 0.378 e. The number of aromatic nitrogens is 1. The molecule has 0 radical (unpaired) electrons. The van der Waals surface area contributed by atoms with Crippen LogP contribution >= 0.6 is 0 Å². The summed E-state index contributed by atoms with van der Waals surface area (Å²) < 4.78 is 5.39. The van der Waals surface area contributed by atoms with Crippen molar-refractivity contribution in [3.05, 3.63) is 59.8 Å². The number of urea groups is 1. The van der Waals surface area contributed by atoms with E-state index in [1.54, 1.807) is 30.3 Å². The second-order valence-corrected chi connectivity index (χ2v) is 8.99. The Morgan fingerprint density at radius 2 is 1.73 bits per heavy atom. The number of nitrogens with zero attached hydrogens (tertiary/aromatic N) is 2. The van der Waals surface area contributed by atoms with E-state index in [0.717, 1.165) is 44.8 Å². The molecule has 4 rings (SSSR count). The van der Waals surface area contributed by atoms with Gasteiger partial charge < -0.3 is 30.9 Å². The lowest BCUT2D eigenvalue weighted by Crippen LogP contribution is -2.41. The fourth-order valence-electron chi connectivity index (χ4n) is 4.24. The number of benzene rings is 1. The lowest BCUT2D eigenvalue weighted by Gasteiger charge is -2.27. The number of pyridine rings is 1. The molecule has 0 saturated carbocycles. The number of rotatable bonds is 9. The van der Waals surface area contributed by atoms with E-state index in [0.29, 0.717) is 43.2 Å². The topological polar surface area (TPSA) is 125 Å². The monoisotopic (exact) mass is 506 g/mol. The molecule has 0 unspecified atom stereocenters. The Morgan fingerprint density at radius 1 is 1.00 bits per heavy atom. The quantitative estimate of drug-likeness (QED) is 0.233. The Hall–Kier alpha value is -3.76. The molecule has 0 bridgehead atoms. The van der Waals surface area contributed by atoms with E-state index in [2.05, 4.69) is 31.2 Å². The summed E-state index contributed by atoms with van der Waals surface area (Å²) in [6, 6.07) is 12.1. The van der Waals surface area contributed by atoms with Crippen LogP contribution in [0.4, 0.5) is 16.3 Å². The van der Waals surface area contributed by atoms with E-state index in [4.69, 9.17) is 4.74 Å². The number of anilines is 2. The molecule has 1 aromatic heterocycles. The van der Waals surface area contributed by atoms with Crippen molar-refractivity contribution in [1.29, 1.82) is 0 Å². The molecule has 0 aliphatic carbocycles. The van der Waals surface area contributed by atoms with E-state index in [1.807, 2.05) is 18.2 Å². The molecule has 2 saturated heterocycles. The van der Waals surface area contributed by atoms with E-state index >= 15 is 0 Å². The zero-order valence-corrected chi connectivity index (χ0v) is 20.9. The van der Waals surface area contributed by atoms with Gasteiger partial charge in [-0.25, -0.2) is 9.78 Å². The van der Waals surface area contributed by atoms with Gasteiger partial charge in [-0.05, 0) is 74.5 Å². The molecular weight excluding hydrogens is 472 g/mol. The van der Waals surface area contributed by atoms with Crippen molar-refractivity contribution in [3.63, 3.8) is 0 Å². The van der Waals surface area contributed by atoms with Crippen molar-refractivity contribution in [2.45, 2.75) is 12.8 Å². The molecule has 4 N–H and O–H groups in total. The highest BCUT2D eigenvalue weighted by Gasteiger charge is 2.20. The Bertz CT molecular complexity index is 1090. The number of ether oxygens (including phenoxy) is 1.